The first kappa shape index (κ1) is 16.2. The van der Waals surface area contributed by atoms with Crippen LogP contribution in [0.4, 0.5) is 0 Å². The first-order valence-corrected chi connectivity index (χ1v) is 8.91. The molecule has 0 aromatic heterocycles. The summed E-state index contributed by atoms with van der Waals surface area (Å²) in [6.45, 7) is 4.69. The lowest BCUT2D eigenvalue weighted by atomic mass is 10.2. The van der Waals surface area contributed by atoms with E-state index in [1.165, 1.54) is 0 Å². The molecule has 0 atom stereocenters. The van der Waals surface area contributed by atoms with E-state index in [-0.39, 0.29) is 9.99 Å². The topological polar surface area (TPSA) is 50.7 Å². The second-order valence-corrected chi connectivity index (χ2v) is 8.26. The van der Waals surface area contributed by atoms with E-state index in [1.54, 1.807) is 6.21 Å². The van der Waals surface area contributed by atoms with Gasteiger partial charge >= 0.3 is 0 Å². The van der Waals surface area contributed by atoms with E-state index in [0.717, 1.165) is 22.8 Å². The fourth-order valence-electron chi connectivity index (χ4n) is 2.02. The predicted octanol–water partition coefficient (Wildman–Crippen LogP) is 3.12. The van der Waals surface area contributed by atoms with Crippen LogP contribution in [0.2, 0.25) is 0 Å². The number of rotatable bonds is 6. The minimum Gasteiger partial charge on any atom is -0.494 e. The van der Waals surface area contributed by atoms with Gasteiger partial charge in [0, 0.05) is 11.5 Å². The Bertz CT molecular complexity index is 514. The molecule has 1 fully saturated rings. The largest absolute Gasteiger partial charge is 0.494 e. The molecule has 0 radical (unpaired) electrons. The van der Waals surface area contributed by atoms with Crippen LogP contribution in [0.3, 0.4) is 0 Å². The minimum atomic E-state index is -0.0448. The van der Waals surface area contributed by atoms with Gasteiger partial charge in [0.05, 0.1) is 23.3 Å². The third-order valence-electron chi connectivity index (χ3n) is 2.95. The molecule has 1 N–H and O–H groups in total. The fourth-order valence-corrected chi connectivity index (χ4v) is 4.85. The lowest BCUT2D eigenvalue weighted by Gasteiger charge is -2.19. The molecule has 1 aromatic carbocycles. The number of amides is 1. The van der Waals surface area contributed by atoms with E-state index in [4.69, 9.17) is 4.74 Å². The molecule has 1 aliphatic heterocycles. The average molecular weight is 324 g/mol. The van der Waals surface area contributed by atoms with Crippen LogP contribution in [0.5, 0.6) is 5.75 Å². The summed E-state index contributed by atoms with van der Waals surface area (Å²) in [4.78, 5) is 11.9. The van der Waals surface area contributed by atoms with Crippen LogP contribution >= 0.6 is 23.5 Å². The first-order valence-electron chi connectivity index (χ1n) is 6.94. The van der Waals surface area contributed by atoms with Gasteiger partial charge < -0.3 is 4.74 Å². The number of carbonyl (C=O) groups is 1. The van der Waals surface area contributed by atoms with Gasteiger partial charge in [0.1, 0.15) is 5.75 Å². The molecule has 1 saturated heterocycles. The SMILES string of the molecule is CCOc1cccc(/C=N\NC(=O)CC2(C)SCCS2)c1. The molecule has 0 spiro atoms. The zero-order valence-corrected chi connectivity index (χ0v) is 13.9. The fraction of sp³-hybridized carbons (Fsp3) is 0.467. The highest BCUT2D eigenvalue weighted by molar-refractivity contribution is 8.21. The Balaban J connectivity index is 1.84. The summed E-state index contributed by atoms with van der Waals surface area (Å²) in [7, 11) is 0. The number of nitrogens with one attached hydrogen (secondary N) is 1. The van der Waals surface area contributed by atoms with E-state index in [0.29, 0.717) is 13.0 Å². The molecular formula is C15H20N2O2S2. The smallest absolute Gasteiger partial charge is 0.242 e. The molecule has 6 heteroatoms. The molecule has 0 saturated carbocycles. The Labute approximate surface area is 134 Å². The van der Waals surface area contributed by atoms with Crippen LogP contribution in [0.1, 0.15) is 25.8 Å². The molecule has 0 aliphatic carbocycles. The number of hydrogen-bond donors (Lipinski definition) is 1. The van der Waals surface area contributed by atoms with Crippen molar-refractivity contribution in [2.45, 2.75) is 24.3 Å². The molecule has 1 aromatic rings. The van der Waals surface area contributed by atoms with Crippen molar-refractivity contribution in [3.05, 3.63) is 29.8 Å². The zero-order chi connectivity index (χ0) is 15.1. The lowest BCUT2D eigenvalue weighted by Crippen LogP contribution is -2.26. The van der Waals surface area contributed by atoms with Crippen molar-refractivity contribution in [2.75, 3.05) is 18.1 Å². The summed E-state index contributed by atoms with van der Waals surface area (Å²) in [5, 5.41) is 4.02. The number of benzene rings is 1. The number of thioether (sulfide) groups is 2. The van der Waals surface area contributed by atoms with E-state index < -0.39 is 0 Å². The molecule has 1 amide bonds. The minimum absolute atomic E-state index is 0.00547. The van der Waals surface area contributed by atoms with Crippen LogP contribution in [-0.2, 0) is 4.79 Å². The van der Waals surface area contributed by atoms with Crippen LogP contribution in [-0.4, -0.2) is 34.3 Å². The highest BCUT2D eigenvalue weighted by Gasteiger charge is 2.32. The second-order valence-electron chi connectivity index (χ2n) is 4.81. The highest BCUT2D eigenvalue weighted by atomic mass is 32.2. The number of nitrogens with zero attached hydrogens (tertiary/aromatic N) is 1. The third kappa shape index (κ3) is 5.28. The van der Waals surface area contributed by atoms with Crippen molar-refractivity contribution < 1.29 is 9.53 Å². The summed E-state index contributed by atoms with van der Waals surface area (Å²) in [5.41, 5.74) is 3.50. The van der Waals surface area contributed by atoms with Gasteiger partial charge in [0.2, 0.25) is 5.91 Å². The van der Waals surface area contributed by atoms with Crippen LogP contribution < -0.4 is 10.2 Å². The van der Waals surface area contributed by atoms with Gasteiger partial charge in [0.25, 0.3) is 0 Å². The molecule has 1 aliphatic rings. The van der Waals surface area contributed by atoms with Crippen LogP contribution in [0, 0.1) is 0 Å². The third-order valence-corrected chi connectivity index (χ3v) is 6.24. The standard InChI is InChI=1S/C15H20N2O2S2/c1-3-19-13-6-4-5-12(9-13)11-16-17-14(18)10-15(2)20-7-8-21-15/h4-6,9,11H,3,7-8,10H2,1-2H3,(H,17,18)/b16-11-. The highest BCUT2D eigenvalue weighted by Crippen LogP contribution is 2.45. The summed E-state index contributed by atoms with van der Waals surface area (Å²) < 4.78 is 5.42. The molecule has 0 unspecified atom stereocenters. The Hall–Kier alpha value is -1.14. The van der Waals surface area contributed by atoms with Crippen molar-refractivity contribution in [3.8, 4) is 5.75 Å². The van der Waals surface area contributed by atoms with Crippen molar-refractivity contribution in [1.29, 1.82) is 0 Å². The average Bonchev–Trinajstić information content (AvgIpc) is 2.86. The molecule has 2 rings (SSSR count). The zero-order valence-electron chi connectivity index (χ0n) is 12.3. The maximum Gasteiger partial charge on any atom is 0.242 e. The second kappa shape index (κ2) is 7.75. The van der Waals surface area contributed by atoms with E-state index >= 15 is 0 Å². The normalized spacial score (nSPS) is 17.0. The maximum atomic E-state index is 11.9. The van der Waals surface area contributed by atoms with Crippen molar-refractivity contribution in [2.24, 2.45) is 5.10 Å². The molecule has 4 nitrogen and oxygen atoms in total. The van der Waals surface area contributed by atoms with Gasteiger partial charge in [-0.1, -0.05) is 12.1 Å². The quantitative estimate of drug-likeness (QED) is 0.645. The molecule has 0 bridgehead atoms. The van der Waals surface area contributed by atoms with Crippen molar-refractivity contribution in [3.63, 3.8) is 0 Å². The van der Waals surface area contributed by atoms with Crippen LogP contribution in [0.25, 0.3) is 0 Å². The Morgan fingerprint density at radius 1 is 1.48 bits per heavy atom. The monoisotopic (exact) mass is 324 g/mol. The van der Waals surface area contributed by atoms with E-state index in [2.05, 4.69) is 17.5 Å². The van der Waals surface area contributed by atoms with E-state index in [1.807, 2.05) is 54.7 Å². The van der Waals surface area contributed by atoms with Gasteiger partial charge in [-0.15, -0.1) is 23.5 Å². The number of carbonyl (C=O) groups excluding carboxylic acids is 1. The van der Waals surface area contributed by atoms with Gasteiger partial charge in [-0.25, -0.2) is 5.43 Å². The maximum absolute atomic E-state index is 11.9. The Morgan fingerprint density at radius 2 is 2.24 bits per heavy atom. The van der Waals surface area contributed by atoms with Gasteiger partial charge in [-0.3, -0.25) is 4.79 Å². The number of hydrazone groups is 1. The first-order chi connectivity index (χ1) is 10.1. The molecular weight excluding hydrogens is 304 g/mol. The van der Waals surface area contributed by atoms with E-state index in [9.17, 15) is 4.79 Å². The summed E-state index contributed by atoms with van der Waals surface area (Å²) in [6, 6.07) is 7.61. The molecule has 21 heavy (non-hydrogen) atoms. The van der Waals surface area contributed by atoms with Gasteiger partial charge in [-0.05, 0) is 31.5 Å². The molecule has 1 heterocycles. The Morgan fingerprint density at radius 3 is 2.95 bits per heavy atom. The summed E-state index contributed by atoms with van der Waals surface area (Å²) >= 11 is 3.69. The predicted molar refractivity (Wildman–Crippen MR) is 91.3 cm³/mol. The van der Waals surface area contributed by atoms with Crippen molar-refractivity contribution in [1.82, 2.24) is 5.43 Å². The van der Waals surface area contributed by atoms with Gasteiger partial charge in [0.15, 0.2) is 0 Å². The van der Waals surface area contributed by atoms with Crippen molar-refractivity contribution >= 4 is 35.6 Å². The van der Waals surface area contributed by atoms with Gasteiger partial charge in [-0.2, -0.15) is 5.10 Å². The Kier molecular flexibility index (Phi) is 5.99. The number of hydrogen-bond acceptors (Lipinski definition) is 5. The lowest BCUT2D eigenvalue weighted by molar-refractivity contribution is -0.121. The number of ether oxygens (including phenoxy) is 1. The molecule has 114 valence electrons. The summed E-state index contributed by atoms with van der Waals surface area (Å²) in [6.07, 6.45) is 2.12. The summed E-state index contributed by atoms with van der Waals surface area (Å²) in [5.74, 6) is 2.99. The van der Waals surface area contributed by atoms with Crippen LogP contribution in [0.15, 0.2) is 29.4 Å².